The molecule has 230 valence electrons. The minimum atomic E-state index is -1.19. The minimum absolute atomic E-state index is 0.0265. The van der Waals surface area contributed by atoms with E-state index in [1.54, 1.807) is 36.4 Å². The molecule has 0 aliphatic rings. The Labute approximate surface area is 251 Å². The number of aliphatic imine (C=N–C) groups is 1. The third-order valence-corrected chi connectivity index (χ3v) is 6.73. The van der Waals surface area contributed by atoms with Gasteiger partial charge in [-0.1, -0.05) is 60.7 Å². The average Bonchev–Trinajstić information content (AvgIpc) is 2.98. The minimum Gasteiger partial charge on any atom is -0.384 e. The highest BCUT2D eigenvalue weighted by Gasteiger charge is 2.36. The van der Waals surface area contributed by atoms with Crippen LogP contribution in [0.5, 0.6) is 0 Å². The molecule has 0 aliphatic heterocycles. The van der Waals surface area contributed by atoms with Gasteiger partial charge < -0.3 is 38.5 Å². The molecule has 0 spiro atoms. The lowest BCUT2D eigenvalue weighted by molar-refractivity contribution is -0.146. The van der Waals surface area contributed by atoms with E-state index in [0.717, 1.165) is 5.56 Å². The number of nitrogens with zero attached hydrogens (tertiary/aromatic N) is 2. The molecule has 0 heterocycles. The highest BCUT2D eigenvalue weighted by Crippen LogP contribution is 2.17. The summed E-state index contributed by atoms with van der Waals surface area (Å²) in [5.74, 6) is -3.89. The van der Waals surface area contributed by atoms with Gasteiger partial charge in [0.1, 0.15) is 23.8 Å². The highest BCUT2D eigenvalue weighted by molar-refractivity contribution is 6.02. The summed E-state index contributed by atoms with van der Waals surface area (Å²) >= 11 is 0. The maximum absolute atomic E-state index is 13.9. The van der Waals surface area contributed by atoms with Crippen LogP contribution in [-0.2, 0) is 32.0 Å². The zero-order chi connectivity index (χ0) is 31.9. The molecule has 4 amide bonds. The Hall–Kier alpha value is -5.20. The Balaban J connectivity index is 2.37. The Bertz CT molecular complexity index is 1310. The fourth-order valence-electron chi connectivity index (χ4n) is 4.34. The van der Waals surface area contributed by atoms with Crippen LogP contribution in [-0.4, -0.2) is 72.5 Å². The van der Waals surface area contributed by atoms with Crippen LogP contribution < -0.4 is 33.6 Å². The molecule has 2 rings (SSSR count). The Morgan fingerprint density at radius 3 is 2.14 bits per heavy atom. The van der Waals surface area contributed by atoms with Gasteiger partial charge in [0.2, 0.25) is 23.6 Å². The van der Waals surface area contributed by atoms with E-state index < -0.39 is 41.6 Å². The number of amides is 4. The average molecular weight is 592 g/mol. The van der Waals surface area contributed by atoms with Gasteiger partial charge in [0, 0.05) is 32.1 Å². The summed E-state index contributed by atoms with van der Waals surface area (Å²) in [5.41, 5.74) is 23.7. The largest absolute Gasteiger partial charge is 0.384 e. The molecule has 0 aliphatic carbocycles. The number of rotatable bonds is 17. The van der Waals surface area contributed by atoms with Gasteiger partial charge >= 0.3 is 0 Å². The van der Waals surface area contributed by atoms with Crippen molar-refractivity contribution in [2.75, 3.05) is 20.1 Å². The Morgan fingerprint density at radius 1 is 0.953 bits per heavy atom. The molecule has 0 saturated heterocycles. The summed E-state index contributed by atoms with van der Waals surface area (Å²) < 4.78 is 0. The number of nitrogens with one attached hydrogen (secondary N) is 3. The fourth-order valence-corrected chi connectivity index (χ4v) is 4.34. The number of likely N-dealkylation sites (N-methyl/N-ethyl adjacent to an activating group) is 1. The van der Waals surface area contributed by atoms with Crippen LogP contribution in [0.4, 0.5) is 0 Å². The van der Waals surface area contributed by atoms with Gasteiger partial charge in [0.25, 0.3) is 0 Å². The first kappa shape index (κ1) is 34.0. The first-order valence-electron chi connectivity index (χ1n) is 13.7. The second-order valence-corrected chi connectivity index (χ2v) is 9.97. The van der Waals surface area contributed by atoms with E-state index in [0.29, 0.717) is 17.5 Å². The summed E-state index contributed by atoms with van der Waals surface area (Å²) in [4.78, 5) is 58.0. The van der Waals surface area contributed by atoms with Gasteiger partial charge in [-0.05, 0) is 30.4 Å². The maximum atomic E-state index is 13.9. The first-order chi connectivity index (χ1) is 20.4. The van der Waals surface area contributed by atoms with Crippen molar-refractivity contribution in [3.05, 3.63) is 83.9 Å². The topological polar surface area (TPSA) is 236 Å². The second kappa shape index (κ2) is 16.9. The lowest BCUT2D eigenvalue weighted by atomic mass is 9.94. The zero-order valence-electron chi connectivity index (χ0n) is 24.3. The van der Waals surface area contributed by atoms with Crippen LogP contribution in [0.1, 0.15) is 29.5 Å². The molecule has 3 atom stereocenters. The molecule has 0 radical (unpaired) electrons. The zero-order valence-corrected chi connectivity index (χ0v) is 24.3. The van der Waals surface area contributed by atoms with Crippen molar-refractivity contribution in [1.29, 1.82) is 5.41 Å². The molecular weight excluding hydrogens is 550 g/mol. The number of amidine groups is 1. The van der Waals surface area contributed by atoms with E-state index >= 15 is 0 Å². The van der Waals surface area contributed by atoms with E-state index in [9.17, 15) is 19.2 Å². The quantitative estimate of drug-likeness (QED) is 0.0419. The van der Waals surface area contributed by atoms with E-state index in [2.05, 4.69) is 22.2 Å². The maximum Gasteiger partial charge on any atom is 0.243 e. The Morgan fingerprint density at radius 2 is 1.58 bits per heavy atom. The third kappa shape index (κ3) is 10.9. The molecule has 0 saturated carbocycles. The van der Waals surface area contributed by atoms with E-state index in [-0.39, 0.29) is 44.1 Å². The molecule has 0 fully saturated rings. The molecule has 2 aromatic rings. The number of carbonyl (C=O) groups excluding carboxylic acids is 4. The number of nitrogens with two attached hydrogens (primary N) is 4. The summed E-state index contributed by atoms with van der Waals surface area (Å²) in [6.45, 7) is 3.99. The van der Waals surface area contributed by atoms with Crippen LogP contribution in [0.15, 0.2) is 72.2 Å². The van der Waals surface area contributed by atoms with Gasteiger partial charge in [-0.15, -0.1) is 6.58 Å². The smallest absolute Gasteiger partial charge is 0.243 e. The van der Waals surface area contributed by atoms with Crippen molar-refractivity contribution in [2.45, 2.75) is 37.8 Å². The molecule has 0 bridgehead atoms. The van der Waals surface area contributed by atoms with Crippen molar-refractivity contribution < 1.29 is 19.2 Å². The number of nitrogen functional groups attached to an aromatic ring is 1. The predicted octanol–water partition coefficient (Wildman–Crippen LogP) is -0.475. The number of benzene rings is 2. The lowest BCUT2D eigenvalue weighted by Crippen LogP contribution is -2.56. The third-order valence-electron chi connectivity index (χ3n) is 6.73. The Kier molecular flexibility index (Phi) is 13.4. The molecule has 2 aromatic carbocycles. The number of hydrogen-bond donors (Lipinski definition) is 7. The fraction of sp³-hybridized carbons (Fsp3) is 0.333. The van der Waals surface area contributed by atoms with Crippen molar-refractivity contribution in [3.8, 4) is 0 Å². The molecule has 0 aromatic heterocycles. The summed E-state index contributed by atoms with van der Waals surface area (Å²) in [6.07, 6.45) is 2.18. The molecular formula is C30H41N9O4. The van der Waals surface area contributed by atoms with Crippen LogP contribution in [0, 0.1) is 11.3 Å². The number of guanidine groups is 1. The van der Waals surface area contributed by atoms with E-state index in [4.69, 9.17) is 28.3 Å². The summed E-state index contributed by atoms with van der Waals surface area (Å²) in [6, 6.07) is 13.6. The molecule has 11 N–H and O–H groups in total. The van der Waals surface area contributed by atoms with Gasteiger partial charge in [0.15, 0.2) is 5.96 Å². The molecule has 2 unspecified atom stereocenters. The molecule has 13 heteroatoms. The molecule has 13 nitrogen and oxygen atoms in total. The van der Waals surface area contributed by atoms with Crippen molar-refractivity contribution in [1.82, 2.24) is 15.5 Å². The van der Waals surface area contributed by atoms with Crippen molar-refractivity contribution >= 4 is 35.4 Å². The predicted molar refractivity (Wildman–Crippen MR) is 166 cm³/mol. The van der Waals surface area contributed by atoms with Crippen LogP contribution in [0.2, 0.25) is 0 Å². The summed E-state index contributed by atoms with van der Waals surface area (Å²) in [7, 11) is 1.44. The first-order valence-corrected chi connectivity index (χ1v) is 13.7. The number of carbonyl (C=O) groups is 4. The normalized spacial score (nSPS) is 12.6. The summed E-state index contributed by atoms with van der Waals surface area (Å²) in [5, 5.41) is 12.9. The number of primary amides is 1. The SMILES string of the molecule is C=CCNC(=O)C(Cc1ccc(C(=N)N)cc1)C(=O)N(C)C(Cc1ccccc1)C(=O)N[C@@H](CCCN=C(N)N)C(N)=O. The van der Waals surface area contributed by atoms with Crippen LogP contribution in [0.3, 0.4) is 0 Å². The van der Waals surface area contributed by atoms with E-state index in [1.165, 1.54) is 18.0 Å². The highest BCUT2D eigenvalue weighted by atomic mass is 16.2. The van der Waals surface area contributed by atoms with Crippen LogP contribution in [0.25, 0.3) is 0 Å². The van der Waals surface area contributed by atoms with E-state index in [1.807, 2.05) is 18.2 Å². The van der Waals surface area contributed by atoms with Gasteiger partial charge in [-0.2, -0.15) is 0 Å². The molecule has 43 heavy (non-hydrogen) atoms. The van der Waals surface area contributed by atoms with Crippen molar-refractivity contribution in [3.63, 3.8) is 0 Å². The monoisotopic (exact) mass is 591 g/mol. The lowest BCUT2D eigenvalue weighted by Gasteiger charge is -2.31. The van der Waals surface area contributed by atoms with Gasteiger partial charge in [-0.3, -0.25) is 29.6 Å². The van der Waals surface area contributed by atoms with Crippen molar-refractivity contribution in [2.24, 2.45) is 33.8 Å². The standard InChI is InChI=1S/C30H41N9O4/c1-3-15-36-27(41)22(17-20-11-13-21(14-12-20)25(31)32)29(43)39(2)24(18-19-8-5-4-6-9-19)28(42)38-23(26(33)40)10-7-16-37-30(34)35/h3-6,8-9,11-14,22-24H,1,7,10,15-18H2,2H3,(H3,31,32)(H2,33,40)(H,36,41)(H,38,42)(H4,34,35,37)/t22?,23-,24?/m0/s1. The van der Waals surface area contributed by atoms with Gasteiger partial charge in [-0.25, -0.2) is 0 Å². The number of hydrogen-bond acceptors (Lipinski definition) is 6. The van der Waals surface area contributed by atoms with Gasteiger partial charge in [0.05, 0.1) is 0 Å². The van der Waals surface area contributed by atoms with Crippen LogP contribution >= 0.6 is 0 Å². The second-order valence-electron chi connectivity index (χ2n) is 9.97.